The van der Waals surface area contributed by atoms with Crippen molar-refractivity contribution >= 4 is 17.7 Å². The highest BCUT2D eigenvalue weighted by Crippen LogP contribution is 2.31. The molecule has 18 heavy (non-hydrogen) atoms. The Morgan fingerprint density at radius 2 is 2.22 bits per heavy atom. The average molecular weight is 269 g/mol. The van der Waals surface area contributed by atoms with Gasteiger partial charge in [-0.3, -0.25) is 4.79 Å². The molecule has 0 radical (unpaired) electrons. The number of hydrogen-bond acceptors (Lipinski definition) is 5. The number of hydrogen-bond donors (Lipinski definition) is 0. The molecule has 0 saturated carbocycles. The van der Waals surface area contributed by atoms with Gasteiger partial charge in [0.15, 0.2) is 5.82 Å². The Hall–Kier alpha value is -1.04. The third kappa shape index (κ3) is 2.68. The average Bonchev–Trinajstić information content (AvgIpc) is 2.84. The molecule has 2 heterocycles. The molecule has 0 bridgehead atoms. The van der Waals surface area contributed by atoms with Crippen molar-refractivity contribution in [1.82, 2.24) is 15.0 Å². The molecule has 5 nitrogen and oxygen atoms in total. The van der Waals surface area contributed by atoms with Crippen molar-refractivity contribution in [2.45, 2.75) is 44.4 Å². The van der Waals surface area contributed by atoms with Crippen LogP contribution in [0.4, 0.5) is 0 Å². The molecule has 1 fully saturated rings. The summed E-state index contributed by atoms with van der Waals surface area (Å²) >= 11 is 1.65. The molecule has 1 aliphatic rings. The number of likely N-dealkylation sites (tertiary alicyclic amines) is 1. The van der Waals surface area contributed by atoms with Crippen LogP contribution < -0.4 is 0 Å². The molecule has 1 aromatic rings. The SMILES string of the molecule is CSCc1noc([C@@H]2CC(=O)N(C(C)(C)C)C2)n1. The summed E-state index contributed by atoms with van der Waals surface area (Å²) in [7, 11) is 0. The van der Waals surface area contributed by atoms with E-state index in [1.54, 1.807) is 11.8 Å². The van der Waals surface area contributed by atoms with Gasteiger partial charge >= 0.3 is 0 Å². The van der Waals surface area contributed by atoms with Gasteiger partial charge in [-0.05, 0) is 27.0 Å². The molecule has 1 saturated heterocycles. The molecule has 1 atom stereocenters. The number of rotatable bonds is 3. The first kappa shape index (κ1) is 13.4. The second-order valence-corrected chi connectivity index (χ2v) is 6.42. The molecule has 1 amide bonds. The summed E-state index contributed by atoms with van der Waals surface area (Å²) in [6.45, 7) is 6.80. The first-order valence-corrected chi connectivity index (χ1v) is 7.43. The fourth-order valence-corrected chi connectivity index (χ4v) is 2.52. The molecular weight excluding hydrogens is 250 g/mol. The maximum Gasteiger partial charge on any atom is 0.232 e. The number of thioether (sulfide) groups is 1. The van der Waals surface area contributed by atoms with Crippen LogP contribution in [0.2, 0.25) is 0 Å². The van der Waals surface area contributed by atoms with E-state index in [-0.39, 0.29) is 17.4 Å². The number of aromatic nitrogens is 2. The Labute approximate surface area is 111 Å². The van der Waals surface area contributed by atoms with Crippen LogP contribution in [0.1, 0.15) is 44.8 Å². The summed E-state index contributed by atoms with van der Waals surface area (Å²) in [5, 5.41) is 3.93. The third-order valence-electron chi connectivity index (χ3n) is 3.04. The van der Waals surface area contributed by atoms with Crippen molar-refractivity contribution < 1.29 is 9.32 Å². The van der Waals surface area contributed by atoms with Crippen molar-refractivity contribution in [1.29, 1.82) is 0 Å². The minimum Gasteiger partial charge on any atom is -0.339 e. The van der Waals surface area contributed by atoms with E-state index in [9.17, 15) is 4.79 Å². The molecule has 1 aliphatic heterocycles. The number of amides is 1. The first-order chi connectivity index (χ1) is 8.41. The lowest BCUT2D eigenvalue weighted by Crippen LogP contribution is -2.42. The van der Waals surface area contributed by atoms with Crippen molar-refractivity contribution in [2.75, 3.05) is 12.8 Å². The maximum atomic E-state index is 12.0. The molecule has 0 aromatic carbocycles. The van der Waals surface area contributed by atoms with Crippen LogP contribution in [-0.4, -0.2) is 39.3 Å². The summed E-state index contributed by atoms with van der Waals surface area (Å²) in [6.07, 6.45) is 2.47. The van der Waals surface area contributed by atoms with E-state index in [0.29, 0.717) is 24.7 Å². The fourth-order valence-electron chi connectivity index (χ4n) is 2.14. The second kappa shape index (κ2) is 4.91. The van der Waals surface area contributed by atoms with E-state index >= 15 is 0 Å². The highest BCUT2D eigenvalue weighted by Gasteiger charge is 2.39. The summed E-state index contributed by atoms with van der Waals surface area (Å²) in [5.41, 5.74) is -0.145. The van der Waals surface area contributed by atoms with E-state index in [1.807, 2.05) is 31.9 Å². The van der Waals surface area contributed by atoms with Crippen LogP contribution >= 0.6 is 11.8 Å². The minimum absolute atomic E-state index is 0.0415. The van der Waals surface area contributed by atoms with Crippen LogP contribution in [0.5, 0.6) is 0 Å². The maximum absolute atomic E-state index is 12.0. The van der Waals surface area contributed by atoms with E-state index in [1.165, 1.54) is 0 Å². The Balaban J connectivity index is 2.09. The molecule has 0 spiro atoms. The van der Waals surface area contributed by atoms with Crippen molar-refractivity contribution in [3.63, 3.8) is 0 Å². The summed E-state index contributed by atoms with van der Waals surface area (Å²) < 4.78 is 5.26. The van der Waals surface area contributed by atoms with Crippen LogP contribution in [-0.2, 0) is 10.5 Å². The van der Waals surface area contributed by atoms with Crippen molar-refractivity contribution in [3.8, 4) is 0 Å². The summed E-state index contributed by atoms with van der Waals surface area (Å²) in [4.78, 5) is 18.2. The topological polar surface area (TPSA) is 59.2 Å². The molecule has 100 valence electrons. The van der Waals surface area contributed by atoms with Crippen LogP contribution in [0.3, 0.4) is 0 Å². The first-order valence-electron chi connectivity index (χ1n) is 6.03. The predicted octanol–water partition coefficient (Wildman–Crippen LogP) is 2.05. The Bertz CT molecular complexity index is 439. The lowest BCUT2D eigenvalue weighted by atomic mass is 10.1. The monoisotopic (exact) mass is 269 g/mol. The van der Waals surface area contributed by atoms with Gasteiger partial charge in [-0.25, -0.2) is 0 Å². The standard InChI is InChI=1S/C12H19N3O2S/c1-12(2,3)15-6-8(5-10(15)16)11-13-9(7-18-4)14-17-11/h8H,5-7H2,1-4H3/t8-/m1/s1. The molecule has 0 aliphatic carbocycles. The zero-order valence-corrected chi connectivity index (χ0v) is 12.1. The van der Waals surface area contributed by atoms with Crippen LogP contribution in [0.15, 0.2) is 4.52 Å². The smallest absolute Gasteiger partial charge is 0.232 e. The zero-order chi connectivity index (χ0) is 13.3. The van der Waals surface area contributed by atoms with Gasteiger partial charge in [0, 0.05) is 18.5 Å². The molecule has 0 unspecified atom stereocenters. The third-order valence-corrected chi connectivity index (χ3v) is 3.59. The summed E-state index contributed by atoms with van der Waals surface area (Å²) in [5.74, 6) is 2.25. The van der Waals surface area contributed by atoms with Gasteiger partial charge in [0.2, 0.25) is 11.8 Å². The van der Waals surface area contributed by atoms with Gasteiger partial charge in [0.25, 0.3) is 0 Å². The Morgan fingerprint density at radius 3 is 2.78 bits per heavy atom. The highest BCUT2D eigenvalue weighted by atomic mass is 32.2. The number of nitrogens with zero attached hydrogens (tertiary/aromatic N) is 3. The number of carbonyl (C=O) groups excluding carboxylic acids is 1. The Kier molecular flexibility index (Phi) is 3.66. The van der Waals surface area contributed by atoms with E-state index in [4.69, 9.17) is 4.52 Å². The van der Waals surface area contributed by atoms with Crippen molar-refractivity contribution in [2.24, 2.45) is 0 Å². The van der Waals surface area contributed by atoms with Gasteiger partial charge in [0.1, 0.15) is 0 Å². The molecule has 2 rings (SSSR count). The lowest BCUT2D eigenvalue weighted by molar-refractivity contribution is -0.131. The summed E-state index contributed by atoms with van der Waals surface area (Å²) in [6, 6.07) is 0. The molecule has 6 heteroatoms. The molecule has 0 N–H and O–H groups in total. The van der Waals surface area contributed by atoms with Crippen LogP contribution in [0, 0.1) is 0 Å². The Morgan fingerprint density at radius 1 is 1.50 bits per heavy atom. The normalized spacial score (nSPS) is 20.8. The van der Waals surface area contributed by atoms with E-state index in [0.717, 1.165) is 5.75 Å². The molecule has 1 aromatic heterocycles. The van der Waals surface area contributed by atoms with Gasteiger partial charge < -0.3 is 9.42 Å². The molecular formula is C12H19N3O2S. The van der Waals surface area contributed by atoms with Gasteiger partial charge in [0.05, 0.1) is 11.7 Å². The van der Waals surface area contributed by atoms with Gasteiger partial charge in [-0.1, -0.05) is 5.16 Å². The van der Waals surface area contributed by atoms with E-state index in [2.05, 4.69) is 10.1 Å². The fraction of sp³-hybridized carbons (Fsp3) is 0.750. The largest absolute Gasteiger partial charge is 0.339 e. The van der Waals surface area contributed by atoms with Gasteiger partial charge in [-0.15, -0.1) is 0 Å². The predicted molar refractivity (Wildman–Crippen MR) is 70.3 cm³/mol. The zero-order valence-electron chi connectivity index (χ0n) is 11.3. The van der Waals surface area contributed by atoms with Crippen molar-refractivity contribution in [3.05, 3.63) is 11.7 Å². The quantitative estimate of drug-likeness (QED) is 0.840. The van der Waals surface area contributed by atoms with Gasteiger partial charge in [-0.2, -0.15) is 16.7 Å². The minimum atomic E-state index is -0.145. The second-order valence-electron chi connectivity index (χ2n) is 5.56. The van der Waals surface area contributed by atoms with E-state index < -0.39 is 0 Å². The number of carbonyl (C=O) groups is 1. The highest BCUT2D eigenvalue weighted by molar-refractivity contribution is 7.97. The van der Waals surface area contributed by atoms with Crippen LogP contribution in [0.25, 0.3) is 0 Å². The lowest BCUT2D eigenvalue weighted by Gasteiger charge is -2.31.